The maximum atomic E-state index is 10.00. The highest BCUT2D eigenvalue weighted by Crippen LogP contribution is 2.58. The van der Waals surface area contributed by atoms with Gasteiger partial charge in [0.2, 0.25) is 0 Å². The second-order valence-corrected chi connectivity index (χ2v) is 7.93. The first-order valence-electron chi connectivity index (χ1n) is 8.29. The zero-order valence-electron chi connectivity index (χ0n) is 13.8. The highest BCUT2D eigenvalue weighted by atomic mass is 32.1. The number of nitrogens with zero attached hydrogens (tertiary/aromatic N) is 4. The third-order valence-corrected chi connectivity index (χ3v) is 7.03. The molecule has 2 bridgehead atoms. The minimum absolute atomic E-state index is 0.0661. The molecule has 3 aliphatic rings. The van der Waals surface area contributed by atoms with Gasteiger partial charge in [0, 0.05) is 28.8 Å². The van der Waals surface area contributed by atoms with E-state index in [1.165, 1.54) is 0 Å². The number of nitrogens with two attached hydrogens (primary N) is 1. The Morgan fingerprint density at radius 3 is 2.64 bits per heavy atom. The highest BCUT2D eigenvalue weighted by molar-refractivity contribution is 7.10. The minimum Gasteiger partial charge on any atom is -0.399 e. The predicted molar refractivity (Wildman–Crippen MR) is 93.7 cm³/mol. The van der Waals surface area contributed by atoms with E-state index in [2.05, 4.69) is 36.2 Å². The number of likely N-dealkylation sites (N-methyl/N-ethyl adjacent to an activating group) is 1. The smallest absolute Gasteiger partial charge is 0.192 e. The summed E-state index contributed by atoms with van der Waals surface area (Å²) in [6.45, 7) is 0. The van der Waals surface area contributed by atoms with Crippen LogP contribution in [-0.2, 0) is 0 Å². The topological polar surface area (TPSA) is 101 Å². The van der Waals surface area contributed by atoms with Crippen molar-refractivity contribution in [3.63, 3.8) is 0 Å². The Morgan fingerprint density at radius 1 is 1.28 bits per heavy atom. The van der Waals surface area contributed by atoms with Gasteiger partial charge < -0.3 is 5.73 Å². The lowest BCUT2D eigenvalue weighted by molar-refractivity contribution is 0.162. The molecular weight excluding hydrogens is 330 g/mol. The van der Waals surface area contributed by atoms with Crippen LogP contribution < -0.4 is 5.73 Å². The van der Waals surface area contributed by atoms with E-state index in [1.807, 2.05) is 17.5 Å². The molecule has 4 atom stereocenters. The summed E-state index contributed by atoms with van der Waals surface area (Å²) in [6, 6.07) is 11.0. The van der Waals surface area contributed by atoms with E-state index in [0.29, 0.717) is 11.6 Å². The number of nitriles is 3. The third kappa shape index (κ3) is 1.89. The lowest BCUT2D eigenvalue weighted by Crippen LogP contribution is -2.51. The van der Waals surface area contributed by atoms with Gasteiger partial charge >= 0.3 is 0 Å². The first-order chi connectivity index (χ1) is 12.1. The van der Waals surface area contributed by atoms with Gasteiger partial charge in [-0.05, 0) is 36.9 Å². The predicted octanol–water partition coefficient (Wildman–Crippen LogP) is 2.63. The molecule has 1 aromatic rings. The molecule has 1 aliphatic carbocycles. The summed E-state index contributed by atoms with van der Waals surface area (Å²) in [7, 11) is 2.09. The van der Waals surface area contributed by atoms with Crippen LogP contribution in [0, 0.1) is 45.3 Å². The summed E-state index contributed by atoms with van der Waals surface area (Å²) in [6.07, 6.45) is 4.17. The van der Waals surface area contributed by atoms with Gasteiger partial charge in [-0.2, -0.15) is 15.8 Å². The number of hydrogen-bond acceptors (Lipinski definition) is 6. The van der Waals surface area contributed by atoms with Crippen molar-refractivity contribution in [2.75, 3.05) is 7.05 Å². The highest BCUT2D eigenvalue weighted by Gasteiger charge is 2.58. The average Bonchev–Trinajstić information content (AvgIpc) is 3.21. The van der Waals surface area contributed by atoms with Crippen molar-refractivity contribution in [2.45, 2.75) is 30.8 Å². The summed E-state index contributed by atoms with van der Waals surface area (Å²) in [5, 5.41) is 31.7. The van der Waals surface area contributed by atoms with E-state index in [4.69, 9.17) is 5.73 Å². The molecule has 3 heterocycles. The molecule has 0 spiro atoms. The van der Waals surface area contributed by atoms with E-state index >= 15 is 0 Å². The molecule has 0 unspecified atom stereocenters. The van der Waals surface area contributed by atoms with Gasteiger partial charge in [-0.15, -0.1) is 11.3 Å². The van der Waals surface area contributed by atoms with Crippen LogP contribution in [0.25, 0.3) is 0 Å². The van der Waals surface area contributed by atoms with Crippen molar-refractivity contribution in [2.24, 2.45) is 17.1 Å². The lowest BCUT2D eigenvalue weighted by Gasteiger charge is -2.47. The second-order valence-electron chi connectivity index (χ2n) is 6.95. The molecule has 4 rings (SSSR count). The first-order valence-corrected chi connectivity index (χ1v) is 9.17. The largest absolute Gasteiger partial charge is 0.399 e. The van der Waals surface area contributed by atoms with Crippen LogP contribution in [-0.4, -0.2) is 24.0 Å². The molecule has 1 fully saturated rings. The molecule has 1 saturated heterocycles. The van der Waals surface area contributed by atoms with E-state index in [9.17, 15) is 15.8 Å². The zero-order valence-corrected chi connectivity index (χ0v) is 14.6. The number of rotatable bonds is 1. The quantitative estimate of drug-likeness (QED) is 0.841. The molecule has 1 aromatic heterocycles. The molecule has 2 aliphatic heterocycles. The molecule has 0 saturated carbocycles. The summed E-state index contributed by atoms with van der Waals surface area (Å²) in [5.74, 6) is -0.416. The number of allylic oxidation sites excluding steroid dienone is 2. The molecule has 0 radical (unpaired) electrons. The van der Waals surface area contributed by atoms with Crippen molar-refractivity contribution >= 4 is 11.3 Å². The van der Waals surface area contributed by atoms with Gasteiger partial charge in [-0.3, -0.25) is 4.90 Å². The Kier molecular flexibility index (Phi) is 3.48. The first kappa shape index (κ1) is 15.9. The summed E-state index contributed by atoms with van der Waals surface area (Å²) in [5.41, 5.74) is 6.19. The monoisotopic (exact) mass is 347 g/mol. The Labute approximate surface area is 150 Å². The summed E-state index contributed by atoms with van der Waals surface area (Å²) >= 11 is 1.55. The van der Waals surface area contributed by atoms with Gasteiger partial charge in [0.15, 0.2) is 5.41 Å². The molecule has 124 valence electrons. The molecule has 2 N–H and O–H groups in total. The van der Waals surface area contributed by atoms with Crippen LogP contribution in [0.1, 0.15) is 23.6 Å². The van der Waals surface area contributed by atoms with Gasteiger partial charge in [0.05, 0.1) is 23.4 Å². The Balaban J connectivity index is 2.05. The van der Waals surface area contributed by atoms with Crippen molar-refractivity contribution in [1.29, 1.82) is 15.8 Å². The molecule has 0 amide bonds. The maximum absolute atomic E-state index is 10.00. The number of hydrogen-bond donors (Lipinski definition) is 1. The van der Waals surface area contributed by atoms with Crippen LogP contribution >= 0.6 is 11.3 Å². The fraction of sp³-hybridized carbons (Fsp3) is 0.421. The van der Waals surface area contributed by atoms with Gasteiger partial charge in [-0.25, -0.2) is 0 Å². The Morgan fingerprint density at radius 2 is 2.04 bits per heavy atom. The average molecular weight is 347 g/mol. The van der Waals surface area contributed by atoms with E-state index in [0.717, 1.165) is 23.3 Å². The number of thiophene rings is 1. The summed E-state index contributed by atoms with van der Waals surface area (Å²) < 4.78 is 0. The van der Waals surface area contributed by atoms with Gasteiger partial charge in [-0.1, -0.05) is 12.1 Å². The van der Waals surface area contributed by atoms with Crippen LogP contribution in [0.2, 0.25) is 0 Å². The van der Waals surface area contributed by atoms with E-state index in [-0.39, 0.29) is 23.6 Å². The maximum Gasteiger partial charge on any atom is 0.192 e. The van der Waals surface area contributed by atoms with Crippen molar-refractivity contribution in [1.82, 2.24) is 4.90 Å². The molecule has 6 heteroatoms. The normalized spacial score (nSPS) is 33.0. The van der Waals surface area contributed by atoms with Crippen molar-refractivity contribution in [3.8, 4) is 18.2 Å². The standard InChI is InChI=1S/C19H17N5S/c1-24-11-4-5-14(24)16-12(7-11)13(8-20)18(23)19(9-21,10-22)17(16)15-3-2-6-25-15/h2-3,6-7,11,14,16-17H,4-5,23H2,1H3/t11-,14+,16-,17-/m0/s1. The van der Waals surface area contributed by atoms with Crippen molar-refractivity contribution < 1.29 is 0 Å². The molecule has 25 heavy (non-hydrogen) atoms. The Bertz CT molecular complexity index is 891. The van der Waals surface area contributed by atoms with E-state index < -0.39 is 5.41 Å². The SMILES string of the molecule is CN1[C@@H]2C=C3C(C#N)=C(N)C(C#N)(C#N)[C@@H](c4cccs4)[C@@H]3[C@H]1CC2. The molecule has 0 aromatic carbocycles. The lowest BCUT2D eigenvalue weighted by atomic mass is 9.58. The number of fused-ring (bicyclic) bond motifs is 4. The zero-order chi connectivity index (χ0) is 17.8. The molecular formula is C19H17N5S. The van der Waals surface area contributed by atoms with Gasteiger partial charge in [0.25, 0.3) is 0 Å². The fourth-order valence-electron chi connectivity index (χ4n) is 4.86. The van der Waals surface area contributed by atoms with E-state index in [1.54, 1.807) is 11.3 Å². The molecule has 5 nitrogen and oxygen atoms in total. The summed E-state index contributed by atoms with van der Waals surface area (Å²) in [4.78, 5) is 3.31. The Hall–Kier alpha value is -2.59. The van der Waals surface area contributed by atoms with Crippen LogP contribution in [0.15, 0.2) is 40.4 Å². The van der Waals surface area contributed by atoms with Crippen molar-refractivity contribution in [3.05, 3.63) is 45.3 Å². The third-order valence-electron chi connectivity index (χ3n) is 6.07. The second kappa shape index (κ2) is 5.46. The van der Waals surface area contributed by atoms with Gasteiger partial charge in [0.1, 0.15) is 6.07 Å². The minimum atomic E-state index is -1.51. The van der Waals surface area contributed by atoms with Crippen LogP contribution in [0.3, 0.4) is 0 Å². The van der Waals surface area contributed by atoms with Crippen LogP contribution in [0.4, 0.5) is 0 Å². The van der Waals surface area contributed by atoms with Crippen LogP contribution in [0.5, 0.6) is 0 Å². The fourth-order valence-corrected chi connectivity index (χ4v) is 5.80.